The summed E-state index contributed by atoms with van der Waals surface area (Å²) in [5.74, 6) is 7.81. The molecular weight excluding hydrogens is 476 g/mol. The number of nitrogens with two attached hydrogens (primary N) is 1. The van der Waals surface area contributed by atoms with Crippen molar-refractivity contribution in [3.63, 3.8) is 0 Å². The monoisotopic (exact) mass is 502 g/mol. The largest absolute Gasteiger partial charge is 0.384 e. The van der Waals surface area contributed by atoms with E-state index < -0.39 is 0 Å². The van der Waals surface area contributed by atoms with Gasteiger partial charge in [0.2, 0.25) is 0 Å². The number of anilines is 2. The average molecular weight is 503 g/mol. The molecule has 1 aromatic carbocycles. The molecular formula is C27H27ClN6S. The van der Waals surface area contributed by atoms with E-state index in [1.54, 1.807) is 24.1 Å². The number of aromatic nitrogens is 1. The van der Waals surface area contributed by atoms with Gasteiger partial charge in [-0.05, 0) is 56.0 Å². The molecule has 2 aromatic heterocycles. The van der Waals surface area contributed by atoms with E-state index in [1.807, 2.05) is 37.3 Å². The van der Waals surface area contributed by atoms with Gasteiger partial charge in [0.05, 0.1) is 10.6 Å². The molecule has 0 unspecified atom stereocenters. The summed E-state index contributed by atoms with van der Waals surface area (Å²) in [7, 11) is 0. The number of nitrogens with one attached hydrogen (secondary N) is 2. The van der Waals surface area contributed by atoms with Crippen LogP contribution in [-0.2, 0) is 0 Å². The summed E-state index contributed by atoms with van der Waals surface area (Å²) in [5, 5.41) is 19.0. The molecule has 6 nitrogen and oxygen atoms in total. The van der Waals surface area contributed by atoms with Crippen molar-refractivity contribution in [3.05, 3.63) is 74.7 Å². The van der Waals surface area contributed by atoms with Crippen molar-refractivity contribution in [1.82, 2.24) is 4.98 Å². The van der Waals surface area contributed by atoms with Crippen LogP contribution in [0.25, 0.3) is 0 Å². The van der Waals surface area contributed by atoms with Crippen molar-refractivity contribution in [2.75, 3.05) is 10.6 Å². The smallest absolute Gasteiger partial charge is 0.132 e. The second kappa shape index (κ2) is 10.0. The van der Waals surface area contributed by atoms with Crippen molar-refractivity contribution in [1.29, 1.82) is 10.8 Å². The fraction of sp³-hybridized carbons (Fsp3) is 0.259. The average Bonchev–Trinajstić information content (AvgIpc) is 3.05. The number of aliphatic imine (C=N–C) groups is 1. The van der Waals surface area contributed by atoms with Gasteiger partial charge in [0.25, 0.3) is 0 Å². The Balaban J connectivity index is 1.93. The van der Waals surface area contributed by atoms with Gasteiger partial charge in [-0.2, -0.15) is 0 Å². The molecule has 0 saturated carbocycles. The molecule has 0 spiro atoms. The van der Waals surface area contributed by atoms with Gasteiger partial charge in [-0.1, -0.05) is 49.4 Å². The second-order valence-electron chi connectivity index (χ2n) is 8.89. The minimum absolute atomic E-state index is 0.279. The minimum Gasteiger partial charge on any atom is -0.384 e. The van der Waals surface area contributed by atoms with Crippen LogP contribution >= 0.6 is 22.9 Å². The molecule has 8 heteroatoms. The maximum absolute atomic E-state index is 9.03. The van der Waals surface area contributed by atoms with Gasteiger partial charge >= 0.3 is 0 Å². The van der Waals surface area contributed by atoms with E-state index in [4.69, 9.17) is 33.1 Å². The molecule has 0 fully saturated rings. The normalized spacial score (nSPS) is 15.3. The molecule has 0 aliphatic carbocycles. The fourth-order valence-electron chi connectivity index (χ4n) is 3.97. The Kier molecular flexibility index (Phi) is 7.06. The minimum atomic E-state index is -0.365. The maximum Gasteiger partial charge on any atom is 0.132 e. The summed E-state index contributed by atoms with van der Waals surface area (Å²) in [6, 6.07) is 10.8. The van der Waals surface area contributed by atoms with Crippen molar-refractivity contribution < 1.29 is 0 Å². The lowest BCUT2D eigenvalue weighted by Gasteiger charge is -2.25. The first-order valence-electron chi connectivity index (χ1n) is 11.3. The number of amidine groups is 2. The molecule has 4 N–H and O–H groups in total. The number of hydrogen-bond acceptors (Lipinski definition) is 6. The highest BCUT2D eigenvalue weighted by atomic mass is 35.5. The van der Waals surface area contributed by atoms with E-state index >= 15 is 0 Å². The van der Waals surface area contributed by atoms with Crippen molar-refractivity contribution in [3.8, 4) is 11.8 Å². The summed E-state index contributed by atoms with van der Waals surface area (Å²) >= 11 is 7.65. The second-order valence-corrected chi connectivity index (χ2v) is 10.3. The number of thiophene rings is 1. The Bertz CT molecular complexity index is 1370. The van der Waals surface area contributed by atoms with Crippen molar-refractivity contribution in [2.24, 2.45) is 10.9 Å². The van der Waals surface area contributed by atoms with Gasteiger partial charge in [-0.3, -0.25) is 20.7 Å². The lowest BCUT2D eigenvalue weighted by Crippen LogP contribution is -2.40. The van der Waals surface area contributed by atoms with E-state index in [-0.39, 0.29) is 11.9 Å². The lowest BCUT2D eigenvalue weighted by molar-refractivity contribution is 0.559. The van der Waals surface area contributed by atoms with Crippen LogP contribution < -0.4 is 10.6 Å². The van der Waals surface area contributed by atoms with Crippen LogP contribution in [0.3, 0.4) is 0 Å². The van der Waals surface area contributed by atoms with E-state index in [9.17, 15) is 0 Å². The Hall–Kier alpha value is -3.47. The molecule has 3 heterocycles. The summed E-state index contributed by atoms with van der Waals surface area (Å²) < 4.78 is 0. The Morgan fingerprint density at radius 3 is 2.51 bits per heavy atom. The molecule has 0 radical (unpaired) electrons. The number of nitrogens with zero attached hydrogens (tertiary/aromatic N) is 3. The first-order chi connectivity index (χ1) is 16.7. The third kappa shape index (κ3) is 5.14. The standard InChI is InChI=1S/C27H27ClN6S/c1-15(2)13-21-26(31)34(17(4)29)27-24(25(33-21)19-7-9-20(28)10-8-19)16(3)22(35-27)11-5-18-6-12-23(30)32-14-18/h6-10,12,14-15,21,29,31H,13H2,1-4H3,(H2,30,32)/t21-/m0/s1. The number of nitrogen functional groups attached to an aromatic ring is 1. The first kappa shape index (κ1) is 24.6. The molecule has 0 bridgehead atoms. The van der Waals surface area contributed by atoms with Crippen LogP contribution in [-0.4, -0.2) is 28.4 Å². The van der Waals surface area contributed by atoms with Gasteiger partial charge in [-0.15, -0.1) is 11.3 Å². The third-order valence-electron chi connectivity index (χ3n) is 5.66. The summed E-state index contributed by atoms with van der Waals surface area (Å²) in [4.78, 5) is 11.8. The predicted octanol–water partition coefficient (Wildman–Crippen LogP) is 6.13. The Morgan fingerprint density at radius 1 is 1.20 bits per heavy atom. The first-order valence-corrected chi connectivity index (χ1v) is 12.5. The highest BCUT2D eigenvalue weighted by molar-refractivity contribution is 7.17. The molecule has 1 atom stereocenters. The van der Waals surface area contributed by atoms with Gasteiger partial charge in [0.15, 0.2) is 0 Å². The third-order valence-corrected chi connectivity index (χ3v) is 7.11. The highest BCUT2D eigenvalue weighted by Gasteiger charge is 2.34. The molecule has 178 valence electrons. The number of rotatable bonds is 3. The van der Waals surface area contributed by atoms with E-state index in [2.05, 4.69) is 30.7 Å². The van der Waals surface area contributed by atoms with Crippen LogP contribution in [0.4, 0.5) is 10.8 Å². The quantitative estimate of drug-likeness (QED) is 0.228. The number of halogens is 1. The van der Waals surface area contributed by atoms with Gasteiger partial charge in [-0.25, -0.2) is 4.98 Å². The van der Waals surface area contributed by atoms with Crippen LogP contribution in [0, 0.1) is 35.5 Å². The Morgan fingerprint density at radius 2 is 1.91 bits per heavy atom. The molecule has 0 amide bonds. The molecule has 0 saturated heterocycles. The van der Waals surface area contributed by atoms with Gasteiger partial charge < -0.3 is 5.73 Å². The van der Waals surface area contributed by atoms with Crippen LogP contribution in [0.2, 0.25) is 5.02 Å². The molecule has 4 rings (SSSR count). The van der Waals surface area contributed by atoms with Crippen LogP contribution in [0.5, 0.6) is 0 Å². The topological polar surface area (TPSA) is 102 Å². The predicted molar refractivity (Wildman–Crippen MR) is 148 cm³/mol. The van der Waals surface area contributed by atoms with Crippen molar-refractivity contribution >= 4 is 51.1 Å². The van der Waals surface area contributed by atoms with Crippen LogP contribution in [0.1, 0.15) is 54.3 Å². The molecule has 1 aliphatic rings. The molecule has 1 aliphatic heterocycles. The molecule has 35 heavy (non-hydrogen) atoms. The number of fused-ring (bicyclic) bond motifs is 1. The summed E-state index contributed by atoms with van der Waals surface area (Å²) in [5.41, 5.74) is 10.0. The van der Waals surface area contributed by atoms with Crippen molar-refractivity contribution in [2.45, 2.75) is 40.2 Å². The zero-order valence-corrected chi connectivity index (χ0v) is 21.7. The zero-order chi connectivity index (χ0) is 25.3. The van der Waals surface area contributed by atoms with Gasteiger partial charge in [0.1, 0.15) is 28.5 Å². The van der Waals surface area contributed by atoms with Crippen LogP contribution in [0.15, 0.2) is 47.6 Å². The van der Waals surface area contributed by atoms with E-state index in [1.165, 1.54) is 11.3 Å². The maximum atomic E-state index is 9.03. The van der Waals surface area contributed by atoms with E-state index in [0.29, 0.717) is 29.0 Å². The highest BCUT2D eigenvalue weighted by Crippen LogP contribution is 2.40. The summed E-state index contributed by atoms with van der Waals surface area (Å²) in [6.07, 6.45) is 2.36. The van der Waals surface area contributed by atoms with Gasteiger partial charge in [0, 0.05) is 27.9 Å². The number of benzene rings is 1. The van der Waals surface area contributed by atoms with E-state index in [0.717, 1.165) is 37.8 Å². The number of pyridine rings is 1. The number of hydrogen-bond donors (Lipinski definition) is 3. The molecule has 3 aromatic rings. The lowest BCUT2D eigenvalue weighted by atomic mass is 9.99. The summed E-state index contributed by atoms with van der Waals surface area (Å²) in [6.45, 7) is 7.98. The SMILES string of the molecule is CC(=N)N1C(=N)[C@H](CC(C)C)N=C(c2ccc(Cl)cc2)c2c1sc(C#Cc1ccc(N)nc1)c2C. The fourth-order valence-corrected chi connectivity index (χ4v) is 5.33. The zero-order valence-electron chi connectivity index (χ0n) is 20.1. The Labute approximate surface area is 214 Å².